The van der Waals surface area contributed by atoms with Crippen LogP contribution in [0.1, 0.15) is 26.2 Å². The van der Waals surface area contributed by atoms with E-state index >= 15 is 0 Å². The summed E-state index contributed by atoms with van der Waals surface area (Å²) in [5, 5.41) is 6.24. The molecule has 5 heteroatoms. The molecule has 0 spiro atoms. The van der Waals surface area contributed by atoms with Crippen molar-refractivity contribution in [1.29, 1.82) is 0 Å². The second-order valence-corrected chi connectivity index (χ2v) is 5.97. The van der Waals surface area contributed by atoms with Gasteiger partial charge in [0.05, 0.1) is 5.92 Å². The van der Waals surface area contributed by atoms with Crippen molar-refractivity contribution in [2.75, 3.05) is 25.1 Å². The van der Waals surface area contributed by atoms with E-state index in [0.29, 0.717) is 12.3 Å². The molecular formula is C11H22N2O2S. The Morgan fingerprint density at radius 3 is 2.94 bits per heavy atom. The number of rotatable bonds is 5. The predicted molar refractivity (Wildman–Crippen MR) is 66.7 cm³/mol. The van der Waals surface area contributed by atoms with Crippen LogP contribution in [0.5, 0.6) is 0 Å². The third kappa shape index (κ3) is 4.61. The first-order valence-electron chi connectivity index (χ1n) is 5.92. The quantitative estimate of drug-likeness (QED) is 0.684. The summed E-state index contributed by atoms with van der Waals surface area (Å²) in [7, 11) is -0.756. The molecule has 3 unspecified atom stereocenters. The topological polar surface area (TPSA) is 58.2 Å². The Labute approximate surface area is 100 Å². The molecule has 0 bridgehead atoms. The summed E-state index contributed by atoms with van der Waals surface area (Å²) < 4.78 is 10.8. The van der Waals surface area contributed by atoms with Crippen molar-refractivity contribution < 1.29 is 9.00 Å². The monoisotopic (exact) mass is 246 g/mol. The van der Waals surface area contributed by atoms with Crippen molar-refractivity contribution in [3.63, 3.8) is 0 Å². The van der Waals surface area contributed by atoms with E-state index in [1.165, 1.54) is 0 Å². The molecule has 1 aliphatic rings. The second-order valence-electron chi connectivity index (χ2n) is 4.41. The Bertz CT molecular complexity index is 258. The van der Waals surface area contributed by atoms with Gasteiger partial charge in [0.2, 0.25) is 5.91 Å². The van der Waals surface area contributed by atoms with Crippen molar-refractivity contribution in [2.45, 2.75) is 32.2 Å². The summed E-state index contributed by atoms with van der Waals surface area (Å²) >= 11 is 0. The Hall–Kier alpha value is -0.420. The fourth-order valence-corrected chi connectivity index (χ4v) is 2.57. The molecule has 1 heterocycles. The van der Waals surface area contributed by atoms with Crippen molar-refractivity contribution >= 4 is 16.7 Å². The van der Waals surface area contributed by atoms with Gasteiger partial charge in [-0.25, -0.2) is 0 Å². The minimum absolute atomic E-state index is 0.0980. The van der Waals surface area contributed by atoms with Crippen molar-refractivity contribution in [1.82, 2.24) is 10.6 Å². The lowest BCUT2D eigenvalue weighted by Gasteiger charge is -2.28. The molecule has 0 aliphatic carbocycles. The smallest absolute Gasteiger partial charge is 0.224 e. The lowest BCUT2D eigenvalue weighted by molar-refractivity contribution is -0.126. The highest BCUT2D eigenvalue weighted by atomic mass is 32.2. The number of hydrogen-bond acceptors (Lipinski definition) is 3. The van der Waals surface area contributed by atoms with Crippen LogP contribution in [-0.2, 0) is 15.6 Å². The van der Waals surface area contributed by atoms with Gasteiger partial charge in [0.1, 0.15) is 0 Å². The molecule has 1 aliphatic heterocycles. The predicted octanol–water partition coefficient (Wildman–Crippen LogP) is 0.259. The molecular weight excluding hydrogens is 224 g/mol. The van der Waals surface area contributed by atoms with E-state index in [1.807, 2.05) is 0 Å². The van der Waals surface area contributed by atoms with E-state index in [0.717, 1.165) is 25.8 Å². The van der Waals surface area contributed by atoms with Gasteiger partial charge in [-0.1, -0.05) is 0 Å². The first kappa shape index (κ1) is 13.6. The Kier molecular flexibility index (Phi) is 5.98. The number of piperidine rings is 1. The first-order chi connectivity index (χ1) is 7.61. The van der Waals surface area contributed by atoms with Crippen molar-refractivity contribution in [3.8, 4) is 0 Å². The van der Waals surface area contributed by atoms with Crippen LogP contribution in [0.2, 0.25) is 0 Å². The highest BCUT2D eigenvalue weighted by Crippen LogP contribution is 2.15. The molecule has 1 fully saturated rings. The SMILES string of the molecule is CC1NCCCC1C(=O)NCCCS(C)=O. The average molecular weight is 246 g/mol. The Morgan fingerprint density at radius 2 is 2.31 bits per heavy atom. The maximum Gasteiger partial charge on any atom is 0.224 e. The molecule has 3 atom stereocenters. The van der Waals surface area contributed by atoms with Crippen LogP contribution >= 0.6 is 0 Å². The van der Waals surface area contributed by atoms with Gasteiger partial charge in [-0.3, -0.25) is 9.00 Å². The highest BCUT2D eigenvalue weighted by Gasteiger charge is 2.26. The van der Waals surface area contributed by atoms with Gasteiger partial charge in [0.25, 0.3) is 0 Å². The van der Waals surface area contributed by atoms with Gasteiger partial charge in [-0.2, -0.15) is 0 Å². The van der Waals surface area contributed by atoms with E-state index in [-0.39, 0.29) is 17.9 Å². The van der Waals surface area contributed by atoms with E-state index in [2.05, 4.69) is 17.6 Å². The molecule has 0 radical (unpaired) electrons. The van der Waals surface area contributed by atoms with Crippen LogP contribution in [0, 0.1) is 5.92 Å². The zero-order valence-corrected chi connectivity index (χ0v) is 10.9. The second kappa shape index (κ2) is 7.01. The maximum atomic E-state index is 11.8. The number of amides is 1. The Balaban J connectivity index is 2.20. The molecule has 4 nitrogen and oxygen atoms in total. The van der Waals surface area contributed by atoms with Gasteiger partial charge in [-0.15, -0.1) is 0 Å². The average Bonchev–Trinajstić information content (AvgIpc) is 2.24. The zero-order chi connectivity index (χ0) is 12.0. The molecule has 0 aromatic rings. The minimum Gasteiger partial charge on any atom is -0.356 e. The third-order valence-electron chi connectivity index (χ3n) is 3.01. The zero-order valence-electron chi connectivity index (χ0n) is 10.1. The van der Waals surface area contributed by atoms with Crippen molar-refractivity contribution in [3.05, 3.63) is 0 Å². The molecule has 2 N–H and O–H groups in total. The third-order valence-corrected chi connectivity index (χ3v) is 3.87. The van der Waals surface area contributed by atoms with Crippen LogP contribution in [0.4, 0.5) is 0 Å². The summed E-state index contributed by atoms with van der Waals surface area (Å²) in [5.41, 5.74) is 0. The van der Waals surface area contributed by atoms with E-state index in [1.54, 1.807) is 6.26 Å². The number of carbonyl (C=O) groups excluding carboxylic acids is 1. The van der Waals surface area contributed by atoms with Gasteiger partial charge in [-0.05, 0) is 32.7 Å². The van der Waals surface area contributed by atoms with Gasteiger partial charge < -0.3 is 10.6 Å². The largest absolute Gasteiger partial charge is 0.356 e. The van der Waals surface area contributed by atoms with Crippen LogP contribution in [-0.4, -0.2) is 41.3 Å². The molecule has 0 aromatic carbocycles. The van der Waals surface area contributed by atoms with Crippen LogP contribution in [0.15, 0.2) is 0 Å². The summed E-state index contributed by atoms with van der Waals surface area (Å²) in [6.07, 6.45) is 4.53. The number of nitrogens with one attached hydrogen (secondary N) is 2. The van der Waals surface area contributed by atoms with E-state index in [9.17, 15) is 9.00 Å². The first-order valence-corrected chi connectivity index (χ1v) is 7.65. The minimum atomic E-state index is -0.756. The van der Waals surface area contributed by atoms with Gasteiger partial charge >= 0.3 is 0 Å². The normalized spacial score (nSPS) is 27.4. The summed E-state index contributed by atoms with van der Waals surface area (Å²) in [6, 6.07) is 0.272. The summed E-state index contributed by atoms with van der Waals surface area (Å²) in [5.74, 6) is 0.904. The number of carbonyl (C=O) groups is 1. The Morgan fingerprint density at radius 1 is 1.56 bits per heavy atom. The maximum absolute atomic E-state index is 11.8. The number of hydrogen-bond donors (Lipinski definition) is 2. The van der Waals surface area contributed by atoms with Crippen LogP contribution in [0.25, 0.3) is 0 Å². The summed E-state index contributed by atoms with van der Waals surface area (Å²) in [4.78, 5) is 11.8. The fraction of sp³-hybridized carbons (Fsp3) is 0.909. The lowest BCUT2D eigenvalue weighted by atomic mass is 9.91. The van der Waals surface area contributed by atoms with Crippen molar-refractivity contribution in [2.24, 2.45) is 5.92 Å². The summed E-state index contributed by atoms with van der Waals surface area (Å²) in [6.45, 7) is 3.71. The van der Waals surface area contributed by atoms with Crippen LogP contribution < -0.4 is 10.6 Å². The fourth-order valence-electron chi connectivity index (χ4n) is 2.02. The van der Waals surface area contributed by atoms with Crippen LogP contribution in [0.3, 0.4) is 0 Å². The molecule has 0 aromatic heterocycles. The highest BCUT2D eigenvalue weighted by molar-refractivity contribution is 7.84. The molecule has 1 saturated heterocycles. The molecule has 0 saturated carbocycles. The molecule has 94 valence electrons. The van der Waals surface area contributed by atoms with Gasteiger partial charge in [0.15, 0.2) is 0 Å². The molecule has 1 rings (SSSR count). The molecule has 16 heavy (non-hydrogen) atoms. The van der Waals surface area contributed by atoms with E-state index in [4.69, 9.17) is 0 Å². The standard InChI is InChI=1S/C11H22N2O2S/c1-9-10(5-3-6-12-9)11(14)13-7-4-8-16(2)15/h9-10,12H,3-8H2,1-2H3,(H,13,14). The molecule has 1 amide bonds. The van der Waals surface area contributed by atoms with Gasteiger partial charge in [0, 0.05) is 35.4 Å². The van der Waals surface area contributed by atoms with E-state index < -0.39 is 10.8 Å². The lowest BCUT2D eigenvalue weighted by Crippen LogP contribution is -2.46.